The number of hydrogen-bond donors (Lipinski definition) is 0. The Labute approximate surface area is 79.8 Å². The van der Waals surface area contributed by atoms with Gasteiger partial charge in [-0.25, -0.2) is 0 Å². The molecule has 0 heterocycles. The normalized spacial score (nSPS) is 12.5. The van der Waals surface area contributed by atoms with Crippen LogP contribution in [0.1, 0.15) is 41.5 Å². The van der Waals surface area contributed by atoms with E-state index in [0.29, 0.717) is 0 Å². The highest BCUT2D eigenvalue weighted by Crippen LogP contribution is 2.13. The second-order valence-electron chi connectivity index (χ2n) is 4.11. The summed E-state index contributed by atoms with van der Waals surface area (Å²) in [5.41, 5.74) is 0. The van der Waals surface area contributed by atoms with Crippen molar-refractivity contribution >= 4 is 8.96 Å². The van der Waals surface area contributed by atoms with Crippen molar-refractivity contribution < 1.29 is 0 Å². The zero-order valence-electron chi connectivity index (χ0n) is 9.59. The van der Waals surface area contributed by atoms with Gasteiger partial charge in [0.1, 0.15) is 8.96 Å². The molecule has 1 nitrogen and oxygen atoms in total. The summed E-state index contributed by atoms with van der Waals surface area (Å²) in [6.45, 7) is 14.0. The zero-order chi connectivity index (χ0) is 9.72. The summed E-state index contributed by atoms with van der Waals surface area (Å²) in [5, 5.41) is 0. The average molecular weight is 187 g/mol. The SMILES string of the molecule is CC[SiH](CC)N(C(C)C)C(C)C. The van der Waals surface area contributed by atoms with Crippen LogP contribution in [-0.4, -0.2) is 25.6 Å². The molecular weight excluding hydrogens is 162 g/mol. The molecule has 0 aliphatic rings. The van der Waals surface area contributed by atoms with Crippen LogP contribution in [-0.2, 0) is 0 Å². The first-order chi connectivity index (χ1) is 5.54. The lowest BCUT2D eigenvalue weighted by Crippen LogP contribution is -2.47. The molecule has 0 fully saturated rings. The lowest BCUT2D eigenvalue weighted by atomic mass is 10.3. The molecule has 0 aromatic carbocycles. The van der Waals surface area contributed by atoms with Crippen molar-refractivity contribution in [3.63, 3.8) is 0 Å². The van der Waals surface area contributed by atoms with Crippen molar-refractivity contribution in [1.82, 2.24) is 4.57 Å². The minimum atomic E-state index is -0.590. The average Bonchev–Trinajstić information content (AvgIpc) is 1.98. The highest BCUT2D eigenvalue weighted by Gasteiger charge is 2.21. The van der Waals surface area contributed by atoms with Gasteiger partial charge in [-0.2, -0.15) is 0 Å². The maximum atomic E-state index is 2.75. The Kier molecular flexibility index (Phi) is 5.84. The van der Waals surface area contributed by atoms with E-state index in [1.807, 2.05) is 0 Å². The Hall–Kier alpha value is 0.177. The van der Waals surface area contributed by atoms with E-state index in [9.17, 15) is 0 Å². The number of nitrogens with zero attached hydrogens (tertiary/aromatic N) is 1. The first-order valence-electron chi connectivity index (χ1n) is 5.31. The summed E-state index contributed by atoms with van der Waals surface area (Å²) in [4.78, 5) is 0. The minimum Gasteiger partial charge on any atom is -0.322 e. The molecule has 74 valence electrons. The lowest BCUT2D eigenvalue weighted by molar-refractivity contribution is 0.301. The van der Waals surface area contributed by atoms with E-state index < -0.39 is 8.96 Å². The topological polar surface area (TPSA) is 3.24 Å². The zero-order valence-corrected chi connectivity index (χ0v) is 10.7. The Morgan fingerprint density at radius 3 is 1.33 bits per heavy atom. The second kappa shape index (κ2) is 5.76. The van der Waals surface area contributed by atoms with E-state index in [2.05, 4.69) is 46.1 Å². The summed E-state index contributed by atoms with van der Waals surface area (Å²) in [5.74, 6) is 0. The second-order valence-corrected chi connectivity index (χ2v) is 7.64. The predicted molar refractivity (Wildman–Crippen MR) is 60.2 cm³/mol. The van der Waals surface area contributed by atoms with Gasteiger partial charge in [-0.3, -0.25) is 0 Å². The quantitative estimate of drug-likeness (QED) is 0.598. The Morgan fingerprint density at radius 2 is 1.25 bits per heavy atom. The van der Waals surface area contributed by atoms with Gasteiger partial charge in [0.15, 0.2) is 0 Å². The van der Waals surface area contributed by atoms with Crippen LogP contribution in [0.4, 0.5) is 0 Å². The molecule has 0 bridgehead atoms. The van der Waals surface area contributed by atoms with E-state index in [1.165, 1.54) is 12.1 Å². The molecule has 0 saturated heterocycles. The number of hydrogen-bond acceptors (Lipinski definition) is 1. The van der Waals surface area contributed by atoms with Crippen LogP contribution < -0.4 is 0 Å². The smallest absolute Gasteiger partial charge is 0.111 e. The van der Waals surface area contributed by atoms with E-state index in [0.717, 1.165) is 12.1 Å². The van der Waals surface area contributed by atoms with E-state index >= 15 is 0 Å². The van der Waals surface area contributed by atoms with Gasteiger partial charge in [0.05, 0.1) is 0 Å². The molecule has 0 aromatic heterocycles. The third kappa shape index (κ3) is 3.28. The van der Waals surface area contributed by atoms with Gasteiger partial charge in [-0.05, 0) is 24.2 Å². The largest absolute Gasteiger partial charge is 0.322 e. The minimum absolute atomic E-state index is 0.590. The fraction of sp³-hybridized carbons (Fsp3) is 1.00. The van der Waals surface area contributed by atoms with E-state index in [-0.39, 0.29) is 0 Å². The van der Waals surface area contributed by atoms with Crippen molar-refractivity contribution in [2.24, 2.45) is 0 Å². The van der Waals surface area contributed by atoms with Gasteiger partial charge in [0.2, 0.25) is 0 Å². The molecular formula is C10H25NSi. The molecule has 0 aromatic rings. The highest BCUT2D eigenvalue weighted by atomic mass is 28.3. The summed E-state index contributed by atoms with van der Waals surface area (Å²) in [7, 11) is -0.590. The molecule has 0 radical (unpaired) electrons. The third-order valence-electron chi connectivity index (χ3n) is 2.56. The van der Waals surface area contributed by atoms with Gasteiger partial charge in [0, 0.05) is 0 Å². The van der Waals surface area contributed by atoms with Gasteiger partial charge >= 0.3 is 0 Å². The van der Waals surface area contributed by atoms with Crippen LogP contribution in [0.3, 0.4) is 0 Å². The van der Waals surface area contributed by atoms with E-state index in [4.69, 9.17) is 0 Å². The number of rotatable bonds is 5. The highest BCUT2D eigenvalue weighted by molar-refractivity contribution is 6.55. The first-order valence-corrected chi connectivity index (χ1v) is 7.46. The molecule has 0 unspecified atom stereocenters. The van der Waals surface area contributed by atoms with Gasteiger partial charge in [-0.1, -0.05) is 41.5 Å². The van der Waals surface area contributed by atoms with Gasteiger partial charge in [0.25, 0.3) is 0 Å². The van der Waals surface area contributed by atoms with Crippen LogP contribution in [0.5, 0.6) is 0 Å². The van der Waals surface area contributed by atoms with Crippen molar-refractivity contribution in [3.8, 4) is 0 Å². The van der Waals surface area contributed by atoms with Crippen LogP contribution in [0.15, 0.2) is 0 Å². The fourth-order valence-electron chi connectivity index (χ4n) is 2.15. The summed E-state index contributed by atoms with van der Waals surface area (Å²) >= 11 is 0. The summed E-state index contributed by atoms with van der Waals surface area (Å²) in [6.07, 6.45) is 0. The Bertz CT molecular complexity index is 100. The molecule has 0 rings (SSSR count). The summed E-state index contributed by atoms with van der Waals surface area (Å²) < 4.78 is 2.75. The van der Waals surface area contributed by atoms with Crippen LogP contribution >= 0.6 is 0 Å². The van der Waals surface area contributed by atoms with Crippen molar-refractivity contribution in [3.05, 3.63) is 0 Å². The molecule has 0 aliphatic heterocycles. The summed E-state index contributed by atoms with van der Waals surface area (Å²) in [6, 6.07) is 4.29. The van der Waals surface area contributed by atoms with Crippen molar-refractivity contribution in [2.75, 3.05) is 0 Å². The molecule has 0 spiro atoms. The maximum absolute atomic E-state index is 2.75. The van der Waals surface area contributed by atoms with Gasteiger partial charge < -0.3 is 4.57 Å². The molecule has 12 heavy (non-hydrogen) atoms. The lowest BCUT2D eigenvalue weighted by Gasteiger charge is -2.36. The van der Waals surface area contributed by atoms with Gasteiger partial charge in [-0.15, -0.1) is 0 Å². The van der Waals surface area contributed by atoms with Crippen LogP contribution in [0.25, 0.3) is 0 Å². The molecule has 2 heteroatoms. The first kappa shape index (κ1) is 12.2. The molecule has 0 amide bonds. The maximum Gasteiger partial charge on any atom is 0.111 e. The monoisotopic (exact) mass is 187 g/mol. The molecule has 0 atom stereocenters. The molecule has 0 N–H and O–H groups in total. The Balaban J connectivity index is 4.26. The predicted octanol–water partition coefficient (Wildman–Crippen LogP) is 2.87. The Morgan fingerprint density at radius 1 is 0.917 bits per heavy atom. The van der Waals surface area contributed by atoms with Crippen LogP contribution in [0, 0.1) is 0 Å². The molecule has 0 aliphatic carbocycles. The van der Waals surface area contributed by atoms with Crippen molar-refractivity contribution in [1.29, 1.82) is 0 Å². The molecule has 0 saturated carbocycles. The fourth-order valence-corrected chi connectivity index (χ4v) is 5.26. The third-order valence-corrected chi connectivity index (χ3v) is 6.48. The van der Waals surface area contributed by atoms with Crippen molar-refractivity contribution in [2.45, 2.75) is 65.7 Å². The van der Waals surface area contributed by atoms with Crippen LogP contribution in [0.2, 0.25) is 12.1 Å². The van der Waals surface area contributed by atoms with E-state index in [1.54, 1.807) is 0 Å². The standard InChI is InChI=1S/C10H25NSi/c1-7-12(8-2)11(9(3)4)10(5)6/h9-10,12H,7-8H2,1-6H3.